The topological polar surface area (TPSA) is 0 Å². The van der Waals surface area contributed by atoms with Gasteiger partial charge in [-0.05, 0) is 16.5 Å². The Hall–Kier alpha value is -0.300. The highest BCUT2D eigenvalue weighted by Gasteiger charge is 2.12. The van der Waals surface area contributed by atoms with Crippen molar-refractivity contribution in [3.05, 3.63) is 35.3 Å². The maximum absolute atomic E-state index is 8.01. The predicted molar refractivity (Wildman–Crippen MR) is 57.8 cm³/mol. The Kier molecular flexibility index (Phi) is 0.660. The Bertz CT molecular complexity index is 601. The minimum Gasteiger partial charge on any atom is -0.0876 e. The molecule has 0 bridgehead atoms. The maximum Gasteiger partial charge on any atom is 0.0626 e. The number of benzene rings is 1. The van der Waals surface area contributed by atoms with E-state index in [1.807, 2.05) is 0 Å². The van der Waals surface area contributed by atoms with Gasteiger partial charge in [0.05, 0.1) is 5.48 Å². The van der Waals surface area contributed by atoms with Crippen LogP contribution in [0.4, 0.5) is 0 Å². The van der Waals surface area contributed by atoms with Gasteiger partial charge in [-0.15, -0.1) is 0 Å². The van der Waals surface area contributed by atoms with Gasteiger partial charge in [0, 0.05) is 17.7 Å². The van der Waals surface area contributed by atoms with Gasteiger partial charge in [0.25, 0.3) is 0 Å². The minimum absolute atomic E-state index is 0.106. The average Bonchev–Trinajstić information content (AvgIpc) is 2.37. The van der Waals surface area contributed by atoms with Gasteiger partial charge in [-0.2, -0.15) is 0 Å². The van der Waals surface area contributed by atoms with E-state index in [1.165, 1.54) is 0 Å². The monoisotopic (exact) mass is 239 g/mol. The SMILES string of the molecule is [2H]c1c([2H])c(C(C([2H])([2H])[2H])(C([2H])([2H])[2H])C([2H])([2H])[2H])c([2H])c([2H])c1CBr. The van der Waals surface area contributed by atoms with E-state index >= 15 is 0 Å². The van der Waals surface area contributed by atoms with E-state index in [-0.39, 0.29) is 10.9 Å². The van der Waals surface area contributed by atoms with E-state index in [4.69, 9.17) is 17.8 Å². The van der Waals surface area contributed by atoms with Gasteiger partial charge in [0.2, 0.25) is 0 Å². The molecule has 0 N–H and O–H groups in total. The van der Waals surface area contributed by atoms with Crippen LogP contribution >= 0.6 is 15.9 Å². The third-order valence-electron chi connectivity index (χ3n) is 1.19. The number of hydrogen-bond acceptors (Lipinski definition) is 0. The Morgan fingerprint density at radius 3 is 2.33 bits per heavy atom. The van der Waals surface area contributed by atoms with E-state index < -0.39 is 55.7 Å². The minimum atomic E-state index is -3.65. The zero-order valence-corrected chi connectivity index (χ0v) is 7.67. The van der Waals surface area contributed by atoms with Gasteiger partial charge in [0.15, 0.2) is 0 Å². The van der Waals surface area contributed by atoms with Crippen molar-refractivity contribution in [1.29, 1.82) is 0 Å². The summed E-state index contributed by atoms with van der Waals surface area (Å²) in [7, 11) is 0. The van der Waals surface area contributed by atoms with Crippen LogP contribution < -0.4 is 0 Å². The normalized spacial score (nSPS) is 30.6. The predicted octanol–water partition coefficient (Wildman–Crippen LogP) is 3.88. The van der Waals surface area contributed by atoms with Crippen LogP contribution in [0, 0.1) is 0 Å². The molecule has 0 saturated heterocycles. The summed E-state index contributed by atoms with van der Waals surface area (Å²) in [6, 6.07) is -3.34. The molecule has 0 aliphatic carbocycles. The fourth-order valence-corrected chi connectivity index (χ4v) is 0.873. The largest absolute Gasteiger partial charge is 0.0876 e. The van der Waals surface area contributed by atoms with Crippen molar-refractivity contribution < 1.29 is 17.8 Å². The number of hydrogen-bond donors (Lipinski definition) is 0. The molecule has 0 aliphatic rings. The molecule has 1 aromatic carbocycles. The number of halogens is 1. The summed E-state index contributed by atoms with van der Waals surface area (Å²) in [4.78, 5) is 0. The Morgan fingerprint density at radius 2 is 1.92 bits per heavy atom. The molecule has 1 rings (SSSR count). The third-order valence-corrected chi connectivity index (χ3v) is 1.75. The standard InChI is InChI=1S/C11H15Br/c1-11(2,3)10-6-4-9(8-12)5-7-10/h4-7H,8H2,1-3H3/i1D3,2D3,3D3,4D,5D,6D,7D. The van der Waals surface area contributed by atoms with Crippen LogP contribution in [0.5, 0.6) is 0 Å². The van der Waals surface area contributed by atoms with Gasteiger partial charge >= 0.3 is 0 Å². The van der Waals surface area contributed by atoms with Gasteiger partial charge in [-0.3, -0.25) is 0 Å². The molecule has 0 amide bonds. The number of rotatable bonds is 1. The van der Waals surface area contributed by atoms with E-state index in [9.17, 15) is 0 Å². The quantitative estimate of drug-likeness (QED) is 0.653. The van der Waals surface area contributed by atoms with Gasteiger partial charge in [0.1, 0.15) is 0 Å². The average molecular weight is 240 g/mol. The summed E-state index contributed by atoms with van der Waals surface area (Å²) >= 11 is 2.98. The first kappa shape index (κ1) is 2.20. The smallest absolute Gasteiger partial charge is 0.0626 e. The van der Waals surface area contributed by atoms with Crippen molar-refractivity contribution >= 4 is 15.9 Å². The van der Waals surface area contributed by atoms with E-state index in [0.29, 0.717) is 0 Å². The molecule has 0 spiro atoms. The fourth-order valence-electron chi connectivity index (χ4n) is 0.593. The van der Waals surface area contributed by atoms with Crippen LogP contribution in [0.25, 0.3) is 0 Å². The number of alkyl halides is 1. The van der Waals surface area contributed by atoms with Crippen LogP contribution in [0.3, 0.4) is 0 Å². The first-order valence-electron chi connectivity index (χ1n) is 9.62. The third kappa shape index (κ3) is 2.34. The van der Waals surface area contributed by atoms with Crippen molar-refractivity contribution in [1.82, 2.24) is 0 Å². The van der Waals surface area contributed by atoms with Crippen molar-refractivity contribution in [3.63, 3.8) is 0 Å². The Morgan fingerprint density at radius 1 is 1.33 bits per heavy atom. The molecule has 0 unspecified atom stereocenters. The first-order valence-corrected chi connectivity index (χ1v) is 4.24. The van der Waals surface area contributed by atoms with Crippen molar-refractivity contribution in [2.24, 2.45) is 0 Å². The van der Waals surface area contributed by atoms with E-state index in [2.05, 4.69) is 15.9 Å². The van der Waals surface area contributed by atoms with Crippen molar-refractivity contribution in [2.75, 3.05) is 0 Å². The van der Waals surface area contributed by atoms with E-state index in [1.54, 1.807) is 0 Å². The Labute approximate surface area is 101 Å². The summed E-state index contributed by atoms with van der Waals surface area (Å²) in [5, 5.41) is -0.106. The molecule has 66 valence electrons. The van der Waals surface area contributed by atoms with Gasteiger partial charge < -0.3 is 0 Å². The molecule has 0 saturated carbocycles. The highest BCUT2D eigenvalue weighted by molar-refractivity contribution is 9.08. The van der Waals surface area contributed by atoms with Crippen molar-refractivity contribution in [2.45, 2.75) is 31.3 Å². The molecular formula is C11H15Br. The molecular weight excluding hydrogens is 212 g/mol. The molecule has 0 nitrogen and oxygen atoms in total. The second-order valence-electron chi connectivity index (χ2n) is 2.24. The molecule has 0 radical (unpaired) electrons. The summed E-state index contributed by atoms with van der Waals surface area (Å²) in [6.07, 6.45) is 0. The maximum atomic E-state index is 8.01. The summed E-state index contributed by atoms with van der Waals surface area (Å²) < 4.78 is 101. The summed E-state index contributed by atoms with van der Waals surface area (Å²) in [6.45, 7) is -10.9. The van der Waals surface area contributed by atoms with Crippen molar-refractivity contribution in [3.8, 4) is 0 Å². The van der Waals surface area contributed by atoms with Crippen LogP contribution in [0.1, 0.15) is 49.5 Å². The lowest BCUT2D eigenvalue weighted by atomic mass is 9.87. The lowest BCUT2D eigenvalue weighted by molar-refractivity contribution is 0.590. The molecule has 1 heteroatoms. The second kappa shape index (κ2) is 3.61. The lowest BCUT2D eigenvalue weighted by Crippen LogP contribution is -2.10. The summed E-state index contributed by atoms with van der Waals surface area (Å²) in [5.41, 5.74) is -4.85. The second-order valence-corrected chi connectivity index (χ2v) is 2.80. The molecule has 12 heavy (non-hydrogen) atoms. The molecule has 1 aromatic rings. The van der Waals surface area contributed by atoms with Crippen LogP contribution in [-0.4, -0.2) is 0 Å². The summed E-state index contributed by atoms with van der Waals surface area (Å²) in [5.74, 6) is 0. The molecule has 0 fully saturated rings. The Balaban J connectivity index is 4.27. The van der Waals surface area contributed by atoms with Gasteiger partial charge in [-0.1, -0.05) is 60.7 Å². The fraction of sp³-hybridized carbons (Fsp3) is 0.455. The molecule has 0 atom stereocenters. The van der Waals surface area contributed by atoms with Gasteiger partial charge in [-0.25, -0.2) is 0 Å². The lowest BCUT2D eigenvalue weighted by Gasteiger charge is -2.18. The van der Waals surface area contributed by atoms with Crippen LogP contribution in [0.15, 0.2) is 24.2 Å². The molecule has 0 aliphatic heterocycles. The van der Waals surface area contributed by atoms with Crippen LogP contribution in [-0.2, 0) is 10.7 Å². The van der Waals surface area contributed by atoms with E-state index in [0.717, 1.165) is 0 Å². The zero-order valence-electron chi connectivity index (χ0n) is 19.1. The molecule has 0 heterocycles. The molecule has 0 aromatic heterocycles. The van der Waals surface area contributed by atoms with Crippen LogP contribution in [0.2, 0.25) is 0 Å². The first-order chi connectivity index (χ1) is 11.0. The highest BCUT2D eigenvalue weighted by Crippen LogP contribution is 2.22. The highest BCUT2D eigenvalue weighted by atomic mass is 79.9. The zero-order chi connectivity index (χ0) is 20.2.